The fourth-order valence-corrected chi connectivity index (χ4v) is 3.21. The first-order valence-electron chi connectivity index (χ1n) is 9.78. The van der Waals surface area contributed by atoms with Crippen LogP contribution in [-0.2, 0) is 11.2 Å². The summed E-state index contributed by atoms with van der Waals surface area (Å²) in [5.74, 6) is 1.56. The second kappa shape index (κ2) is 12.3. The molecule has 0 aliphatic carbocycles. The maximum atomic E-state index is 12.2. The van der Waals surface area contributed by atoms with Gasteiger partial charge in [-0.25, -0.2) is 0 Å². The minimum atomic E-state index is 0. The maximum Gasteiger partial charge on any atom is 0.265 e. The zero-order valence-corrected chi connectivity index (χ0v) is 19.1. The Morgan fingerprint density at radius 1 is 1.03 bits per heavy atom. The lowest BCUT2D eigenvalue weighted by Gasteiger charge is -2.29. The Morgan fingerprint density at radius 2 is 1.72 bits per heavy atom. The van der Waals surface area contributed by atoms with E-state index in [1.165, 1.54) is 5.56 Å². The zero-order chi connectivity index (χ0) is 19.6. The number of carbonyl (C=O) groups is 1. The molecule has 3 rings (SSSR count). The van der Waals surface area contributed by atoms with Gasteiger partial charge in [-0.2, -0.15) is 0 Å². The highest BCUT2D eigenvalue weighted by Crippen LogP contribution is 2.31. The van der Waals surface area contributed by atoms with Gasteiger partial charge in [0.2, 0.25) is 0 Å². The van der Waals surface area contributed by atoms with Crippen molar-refractivity contribution in [3.8, 4) is 5.75 Å². The molecule has 0 unspecified atom stereocenters. The number of carbonyl (C=O) groups excluding carboxylic acids is 1. The number of hydrogen-bond acceptors (Lipinski definition) is 3. The van der Waals surface area contributed by atoms with E-state index < -0.39 is 0 Å². The summed E-state index contributed by atoms with van der Waals surface area (Å²) in [7, 11) is 1.77. The van der Waals surface area contributed by atoms with Crippen LogP contribution in [0.25, 0.3) is 0 Å². The smallest absolute Gasteiger partial charge is 0.265 e. The van der Waals surface area contributed by atoms with Gasteiger partial charge >= 0.3 is 0 Å². The SMILES string of the molecule is CN=C(NCCCc1ccccc1)NCCCN1C(=O)COc2ccccc21.I. The number of fused-ring (bicyclic) bond motifs is 1. The highest BCUT2D eigenvalue weighted by Gasteiger charge is 2.24. The van der Waals surface area contributed by atoms with Crippen LogP contribution in [0.3, 0.4) is 0 Å². The van der Waals surface area contributed by atoms with Gasteiger partial charge in [-0.05, 0) is 37.0 Å². The first kappa shape index (κ1) is 23.0. The van der Waals surface area contributed by atoms with Crippen molar-refractivity contribution < 1.29 is 9.53 Å². The van der Waals surface area contributed by atoms with E-state index in [0.717, 1.165) is 49.7 Å². The summed E-state index contributed by atoms with van der Waals surface area (Å²) in [6.45, 7) is 2.36. The van der Waals surface area contributed by atoms with Crippen molar-refractivity contribution in [1.29, 1.82) is 0 Å². The molecule has 2 aromatic carbocycles. The first-order valence-corrected chi connectivity index (χ1v) is 9.78. The van der Waals surface area contributed by atoms with Gasteiger partial charge in [0.15, 0.2) is 12.6 Å². The fraction of sp³-hybridized carbons (Fsp3) is 0.364. The predicted octanol–water partition coefficient (Wildman–Crippen LogP) is 3.22. The molecule has 1 heterocycles. The van der Waals surface area contributed by atoms with Crippen molar-refractivity contribution in [1.82, 2.24) is 10.6 Å². The average Bonchev–Trinajstić information content (AvgIpc) is 2.74. The number of hydrogen-bond donors (Lipinski definition) is 2. The molecule has 0 radical (unpaired) electrons. The Morgan fingerprint density at radius 3 is 2.48 bits per heavy atom. The number of nitrogens with zero attached hydrogens (tertiary/aromatic N) is 2. The van der Waals surface area contributed by atoms with Crippen LogP contribution in [0.5, 0.6) is 5.75 Å². The number of amides is 1. The molecule has 0 saturated carbocycles. The third-order valence-electron chi connectivity index (χ3n) is 4.66. The molecule has 1 aliphatic heterocycles. The summed E-state index contributed by atoms with van der Waals surface area (Å²) in [5, 5.41) is 6.66. The van der Waals surface area contributed by atoms with Gasteiger partial charge in [0, 0.05) is 26.7 Å². The number of rotatable bonds is 8. The van der Waals surface area contributed by atoms with Crippen LogP contribution in [0.4, 0.5) is 5.69 Å². The van der Waals surface area contributed by atoms with Crippen molar-refractivity contribution in [2.75, 3.05) is 38.2 Å². The Labute approximate surface area is 189 Å². The Kier molecular flexibility index (Phi) is 9.76. The number of halogens is 1. The maximum absolute atomic E-state index is 12.2. The molecule has 0 aromatic heterocycles. The van der Waals surface area contributed by atoms with E-state index >= 15 is 0 Å². The summed E-state index contributed by atoms with van der Waals surface area (Å²) >= 11 is 0. The Bertz CT molecular complexity index is 798. The van der Waals surface area contributed by atoms with Crippen LogP contribution in [0, 0.1) is 0 Å². The molecule has 0 fully saturated rings. The van der Waals surface area contributed by atoms with E-state index in [9.17, 15) is 4.79 Å². The Balaban J connectivity index is 0.00000300. The van der Waals surface area contributed by atoms with E-state index in [1.807, 2.05) is 30.3 Å². The molecule has 2 aromatic rings. The van der Waals surface area contributed by atoms with Crippen LogP contribution >= 0.6 is 24.0 Å². The van der Waals surface area contributed by atoms with Crippen LogP contribution in [-0.4, -0.2) is 45.2 Å². The van der Waals surface area contributed by atoms with Gasteiger partial charge in [-0.3, -0.25) is 9.79 Å². The van der Waals surface area contributed by atoms with E-state index in [2.05, 4.69) is 39.9 Å². The molecular formula is C22H29IN4O2. The Hall–Kier alpha value is -2.29. The fourth-order valence-electron chi connectivity index (χ4n) is 3.21. The van der Waals surface area contributed by atoms with Crippen LogP contribution < -0.4 is 20.3 Å². The lowest BCUT2D eigenvalue weighted by molar-refractivity contribution is -0.121. The molecular weight excluding hydrogens is 479 g/mol. The highest BCUT2D eigenvalue weighted by atomic mass is 127. The van der Waals surface area contributed by atoms with Crippen molar-refractivity contribution in [2.45, 2.75) is 19.3 Å². The van der Waals surface area contributed by atoms with Crippen LogP contribution in [0.1, 0.15) is 18.4 Å². The number of aliphatic imine (C=N–C) groups is 1. The molecule has 0 saturated heterocycles. The second-order valence-electron chi connectivity index (χ2n) is 6.67. The number of aryl methyl sites for hydroxylation is 1. The molecule has 0 atom stereocenters. The van der Waals surface area contributed by atoms with E-state index in [4.69, 9.17) is 4.74 Å². The van der Waals surface area contributed by atoms with Crippen molar-refractivity contribution >= 4 is 41.5 Å². The van der Waals surface area contributed by atoms with Crippen molar-refractivity contribution in [3.63, 3.8) is 0 Å². The van der Waals surface area contributed by atoms with Gasteiger partial charge in [-0.1, -0.05) is 42.5 Å². The van der Waals surface area contributed by atoms with Gasteiger partial charge in [0.25, 0.3) is 5.91 Å². The van der Waals surface area contributed by atoms with Crippen LogP contribution in [0.15, 0.2) is 59.6 Å². The monoisotopic (exact) mass is 508 g/mol. The predicted molar refractivity (Wildman–Crippen MR) is 128 cm³/mol. The van der Waals surface area contributed by atoms with E-state index in [0.29, 0.717) is 6.54 Å². The van der Waals surface area contributed by atoms with Gasteiger partial charge in [0.1, 0.15) is 5.75 Å². The lowest BCUT2D eigenvalue weighted by Crippen LogP contribution is -2.42. The van der Waals surface area contributed by atoms with Crippen molar-refractivity contribution in [2.24, 2.45) is 4.99 Å². The van der Waals surface area contributed by atoms with Crippen LogP contribution in [0.2, 0.25) is 0 Å². The molecule has 156 valence electrons. The van der Waals surface area contributed by atoms with Gasteiger partial charge in [-0.15, -0.1) is 24.0 Å². The molecule has 1 amide bonds. The molecule has 0 spiro atoms. The third-order valence-corrected chi connectivity index (χ3v) is 4.66. The summed E-state index contributed by atoms with van der Waals surface area (Å²) < 4.78 is 5.48. The number of ether oxygens (including phenoxy) is 1. The summed E-state index contributed by atoms with van der Waals surface area (Å²) in [4.78, 5) is 18.2. The molecule has 7 heteroatoms. The van der Waals surface area contributed by atoms with Gasteiger partial charge < -0.3 is 20.3 Å². The number of nitrogens with one attached hydrogen (secondary N) is 2. The summed E-state index contributed by atoms with van der Waals surface area (Å²) in [6.07, 6.45) is 2.91. The average molecular weight is 508 g/mol. The molecule has 6 nitrogen and oxygen atoms in total. The first-order chi connectivity index (χ1) is 13.8. The normalized spacial score (nSPS) is 13.2. The third kappa shape index (κ3) is 6.92. The molecule has 2 N–H and O–H groups in total. The number of guanidine groups is 1. The number of anilines is 1. The number of para-hydroxylation sites is 2. The summed E-state index contributed by atoms with van der Waals surface area (Å²) in [5.41, 5.74) is 2.20. The highest BCUT2D eigenvalue weighted by molar-refractivity contribution is 14.0. The quantitative estimate of drug-likeness (QED) is 0.249. The molecule has 1 aliphatic rings. The van der Waals surface area contributed by atoms with Gasteiger partial charge in [0.05, 0.1) is 5.69 Å². The standard InChI is InChI=1S/C22H28N4O2.HI/c1-23-22(24-14-7-11-18-9-3-2-4-10-18)25-15-8-16-26-19-12-5-6-13-20(19)28-17-21(26)27;/h2-6,9-10,12-13H,7-8,11,14-17H2,1H3,(H2,23,24,25);1H. The molecule has 29 heavy (non-hydrogen) atoms. The minimum absolute atomic E-state index is 0. The van der Waals surface area contributed by atoms with E-state index in [-0.39, 0.29) is 36.5 Å². The summed E-state index contributed by atoms with van der Waals surface area (Å²) in [6, 6.07) is 18.1. The van der Waals surface area contributed by atoms with E-state index in [1.54, 1.807) is 11.9 Å². The second-order valence-corrected chi connectivity index (χ2v) is 6.67. The van der Waals surface area contributed by atoms with Crippen molar-refractivity contribution in [3.05, 3.63) is 60.2 Å². The largest absolute Gasteiger partial charge is 0.482 e. The zero-order valence-electron chi connectivity index (χ0n) is 16.8. The number of benzene rings is 2. The lowest BCUT2D eigenvalue weighted by atomic mass is 10.1. The topological polar surface area (TPSA) is 66.0 Å². The molecule has 0 bridgehead atoms. The minimum Gasteiger partial charge on any atom is -0.482 e.